The molecule has 0 unspecified atom stereocenters. The molecule has 0 saturated heterocycles. The average molecular weight is 321 g/mol. The second-order valence-corrected chi connectivity index (χ2v) is 6.30. The smallest absolute Gasteiger partial charge is 0.373 e. The third kappa shape index (κ3) is 1.98. The van der Waals surface area contributed by atoms with Crippen LogP contribution in [0.2, 0.25) is 0 Å². The van der Waals surface area contributed by atoms with E-state index in [4.69, 9.17) is 0 Å². The van der Waals surface area contributed by atoms with Crippen molar-refractivity contribution in [3.05, 3.63) is 53.2 Å². The highest BCUT2D eigenvalue weighted by Gasteiger charge is 2.39. The SMILES string of the molecule is CC(=O)c1c[n+]2c(cc1C)-c1[nH]c3ccccc3c1C[C@@H]2C(=O)O. The van der Waals surface area contributed by atoms with Gasteiger partial charge in [0.05, 0.1) is 5.56 Å². The van der Waals surface area contributed by atoms with Gasteiger partial charge in [-0.1, -0.05) is 18.2 Å². The maximum atomic E-state index is 11.8. The Balaban J connectivity index is 2.06. The molecule has 5 nitrogen and oxygen atoms in total. The second-order valence-electron chi connectivity index (χ2n) is 6.30. The van der Waals surface area contributed by atoms with E-state index in [9.17, 15) is 14.7 Å². The zero-order valence-corrected chi connectivity index (χ0v) is 13.5. The number of nitrogens with one attached hydrogen (secondary N) is 1. The van der Waals surface area contributed by atoms with Gasteiger partial charge in [0.25, 0.3) is 6.04 Å². The summed E-state index contributed by atoms with van der Waals surface area (Å²) in [6.07, 6.45) is 2.08. The molecule has 120 valence electrons. The number of nitrogens with zero attached hydrogens (tertiary/aromatic N) is 1. The summed E-state index contributed by atoms with van der Waals surface area (Å²) in [7, 11) is 0. The Morgan fingerprint density at radius 2 is 2.04 bits per heavy atom. The lowest BCUT2D eigenvalue weighted by atomic mass is 9.94. The number of ketones is 1. The van der Waals surface area contributed by atoms with Gasteiger partial charge in [-0.25, -0.2) is 4.79 Å². The summed E-state index contributed by atoms with van der Waals surface area (Å²) in [4.78, 5) is 27.1. The Labute approximate surface area is 138 Å². The number of aromatic amines is 1. The van der Waals surface area contributed by atoms with Crippen LogP contribution in [0.4, 0.5) is 0 Å². The Morgan fingerprint density at radius 1 is 1.29 bits per heavy atom. The molecule has 1 atom stereocenters. The first-order valence-corrected chi connectivity index (χ1v) is 7.87. The molecule has 0 spiro atoms. The third-order valence-corrected chi connectivity index (χ3v) is 4.79. The summed E-state index contributed by atoms with van der Waals surface area (Å²) in [5.74, 6) is -0.954. The summed E-state index contributed by atoms with van der Waals surface area (Å²) >= 11 is 0. The van der Waals surface area contributed by atoms with Crippen molar-refractivity contribution in [3.8, 4) is 11.4 Å². The van der Waals surface area contributed by atoms with Gasteiger partial charge in [-0.3, -0.25) is 4.79 Å². The molecule has 3 aromatic rings. The number of Topliss-reactive ketones (excluding diaryl/α,β-unsaturated/α-hetero) is 1. The van der Waals surface area contributed by atoms with E-state index in [1.165, 1.54) is 6.92 Å². The molecular weight excluding hydrogens is 304 g/mol. The van der Waals surface area contributed by atoms with Gasteiger partial charge < -0.3 is 10.1 Å². The zero-order valence-electron chi connectivity index (χ0n) is 13.5. The summed E-state index contributed by atoms with van der Waals surface area (Å²) in [5.41, 5.74) is 5.17. The van der Waals surface area contributed by atoms with E-state index in [1.807, 2.05) is 37.3 Å². The number of rotatable bonds is 2. The summed E-state index contributed by atoms with van der Waals surface area (Å²) < 4.78 is 1.71. The van der Waals surface area contributed by atoms with Gasteiger partial charge in [0.1, 0.15) is 5.69 Å². The number of carboxylic acids is 1. The van der Waals surface area contributed by atoms with Crippen LogP contribution in [0.1, 0.15) is 34.5 Å². The molecule has 0 bridgehead atoms. The van der Waals surface area contributed by atoms with Crippen molar-refractivity contribution in [2.75, 3.05) is 0 Å². The van der Waals surface area contributed by atoms with E-state index in [-0.39, 0.29) is 5.78 Å². The van der Waals surface area contributed by atoms with Crippen LogP contribution in [0.3, 0.4) is 0 Å². The molecule has 0 radical (unpaired) electrons. The molecule has 0 fully saturated rings. The molecular formula is C19H17N2O3+. The molecule has 2 aromatic heterocycles. The number of fused-ring (bicyclic) bond motifs is 5. The Bertz CT molecular complexity index is 1020. The van der Waals surface area contributed by atoms with Crippen LogP contribution in [0.15, 0.2) is 36.5 Å². The van der Waals surface area contributed by atoms with Crippen molar-refractivity contribution in [2.45, 2.75) is 26.3 Å². The fourth-order valence-corrected chi connectivity index (χ4v) is 3.62. The van der Waals surface area contributed by atoms with E-state index >= 15 is 0 Å². The summed E-state index contributed by atoms with van der Waals surface area (Å²) in [5, 5.41) is 10.8. The van der Waals surface area contributed by atoms with E-state index < -0.39 is 12.0 Å². The molecule has 0 saturated carbocycles. The van der Waals surface area contributed by atoms with E-state index in [2.05, 4.69) is 4.98 Å². The number of carbonyl (C=O) groups excluding carboxylic acids is 1. The van der Waals surface area contributed by atoms with Crippen molar-refractivity contribution < 1.29 is 19.3 Å². The number of carboxylic acid groups (broad SMARTS) is 1. The lowest BCUT2D eigenvalue weighted by molar-refractivity contribution is -0.702. The van der Waals surface area contributed by atoms with Gasteiger partial charge >= 0.3 is 5.97 Å². The predicted octanol–water partition coefficient (Wildman–Crippen LogP) is 2.82. The number of aliphatic carboxylic acids is 1. The number of aromatic nitrogens is 2. The fraction of sp³-hybridized carbons (Fsp3) is 0.211. The van der Waals surface area contributed by atoms with Crippen LogP contribution in [0, 0.1) is 6.92 Å². The van der Waals surface area contributed by atoms with Gasteiger partial charge in [-0.05, 0) is 31.0 Å². The van der Waals surface area contributed by atoms with Crippen LogP contribution >= 0.6 is 0 Å². The van der Waals surface area contributed by atoms with Gasteiger partial charge in [-0.15, -0.1) is 0 Å². The molecule has 1 aliphatic rings. The molecule has 1 aromatic carbocycles. The monoisotopic (exact) mass is 321 g/mol. The first-order chi connectivity index (χ1) is 11.5. The van der Waals surface area contributed by atoms with Crippen molar-refractivity contribution >= 4 is 22.7 Å². The quantitative estimate of drug-likeness (QED) is 0.563. The number of pyridine rings is 1. The largest absolute Gasteiger partial charge is 0.476 e. The van der Waals surface area contributed by atoms with Crippen LogP contribution in [0.25, 0.3) is 22.3 Å². The lowest BCUT2D eigenvalue weighted by Gasteiger charge is -2.18. The van der Waals surface area contributed by atoms with E-state index in [1.54, 1.807) is 10.8 Å². The highest BCUT2D eigenvalue weighted by molar-refractivity contribution is 5.96. The van der Waals surface area contributed by atoms with Crippen molar-refractivity contribution in [3.63, 3.8) is 0 Å². The summed E-state index contributed by atoms with van der Waals surface area (Å²) in [6.45, 7) is 3.38. The molecule has 2 N–H and O–H groups in total. The van der Waals surface area contributed by atoms with E-state index in [0.717, 1.165) is 33.4 Å². The van der Waals surface area contributed by atoms with Gasteiger partial charge in [0.15, 0.2) is 12.0 Å². The molecule has 0 aliphatic carbocycles. The van der Waals surface area contributed by atoms with Gasteiger partial charge in [0, 0.05) is 23.4 Å². The molecule has 0 amide bonds. The summed E-state index contributed by atoms with van der Waals surface area (Å²) in [6, 6.07) is 9.10. The molecule has 3 heterocycles. The molecule has 1 aliphatic heterocycles. The van der Waals surface area contributed by atoms with Gasteiger partial charge in [0.2, 0.25) is 5.69 Å². The molecule has 5 heteroatoms. The minimum Gasteiger partial charge on any atom is -0.476 e. The van der Waals surface area contributed by atoms with Crippen LogP contribution in [0.5, 0.6) is 0 Å². The fourth-order valence-electron chi connectivity index (χ4n) is 3.62. The van der Waals surface area contributed by atoms with Crippen molar-refractivity contribution in [2.24, 2.45) is 0 Å². The topological polar surface area (TPSA) is 74.0 Å². The number of hydrogen-bond acceptors (Lipinski definition) is 2. The Morgan fingerprint density at radius 3 is 2.75 bits per heavy atom. The standard InChI is InChI=1S/C19H16N2O3/c1-10-7-16-18-13(12-5-3-4-6-15(12)20-18)8-17(19(23)24)21(16)9-14(10)11(2)22/h3-7,9,17H,8H2,1-2H3,(H,23,24)/p+1/t17-/m1/s1. The van der Waals surface area contributed by atoms with E-state index in [0.29, 0.717) is 12.0 Å². The van der Waals surface area contributed by atoms with Crippen molar-refractivity contribution in [1.82, 2.24) is 4.98 Å². The van der Waals surface area contributed by atoms with Crippen LogP contribution in [-0.2, 0) is 11.2 Å². The number of carbonyl (C=O) groups is 2. The minimum atomic E-state index is -0.893. The number of hydrogen-bond donors (Lipinski definition) is 2. The van der Waals surface area contributed by atoms with Crippen LogP contribution < -0.4 is 4.57 Å². The van der Waals surface area contributed by atoms with Crippen LogP contribution in [-0.4, -0.2) is 21.8 Å². The Kier molecular flexibility index (Phi) is 3.06. The number of aryl methyl sites for hydroxylation is 1. The predicted molar refractivity (Wildman–Crippen MR) is 89.0 cm³/mol. The lowest BCUT2D eigenvalue weighted by Crippen LogP contribution is -2.49. The second kappa shape index (κ2) is 5.03. The first-order valence-electron chi connectivity index (χ1n) is 7.87. The Hall–Kier alpha value is -2.95. The third-order valence-electron chi connectivity index (χ3n) is 4.79. The number of H-pyrrole nitrogens is 1. The normalized spacial score (nSPS) is 15.8. The van der Waals surface area contributed by atoms with Crippen molar-refractivity contribution in [1.29, 1.82) is 0 Å². The average Bonchev–Trinajstić information content (AvgIpc) is 2.92. The molecule has 4 rings (SSSR count). The van der Waals surface area contributed by atoms with Gasteiger partial charge in [-0.2, -0.15) is 4.57 Å². The highest BCUT2D eigenvalue weighted by atomic mass is 16.4. The number of benzene rings is 1. The highest BCUT2D eigenvalue weighted by Crippen LogP contribution is 2.35. The maximum Gasteiger partial charge on any atom is 0.373 e. The number of para-hydroxylation sites is 1. The maximum absolute atomic E-state index is 11.8. The minimum absolute atomic E-state index is 0.0608. The zero-order chi connectivity index (χ0) is 17.0. The first kappa shape index (κ1) is 14.6. The molecule has 24 heavy (non-hydrogen) atoms.